The third kappa shape index (κ3) is 3.93. The molecule has 8 nitrogen and oxygen atoms in total. The van der Waals surface area contributed by atoms with Crippen molar-refractivity contribution in [1.82, 2.24) is 14.4 Å². The van der Waals surface area contributed by atoms with Crippen molar-refractivity contribution in [2.75, 3.05) is 12.4 Å². The number of nitrogens with zero attached hydrogens (tertiary/aromatic N) is 4. The molecule has 2 heterocycles. The first-order valence-corrected chi connectivity index (χ1v) is 10.00. The Morgan fingerprint density at radius 2 is 2.00 bits per heavy atom. The molecule has 0 saturated heterocycles. The first-order valence-electron chi connectivity index (χ1n) is 9.21. The lowest BCUT2D eigenvalue weighted by Crippen LogP contribution is -2.12. The van der Waals surface area contributed by atoms with Crippen LogP contribution in [-0.4, -0.2) is 26.4 Å². The molecule has 0 aliphatic carbocycles. The maximum absolute atomic E-state index is 13.3. The number of hydrogen-bond acceptors (Lipinski definition) is 6. The molecule has 0 amide bonds. The topological polar surface area (TPSA) is 94.6 Å². The van der Waals surface area contributed by atoms with E-state index in [0.717, 1.165) is 12.1 Å². The SMILES string of the molecule is COc1cc2c(cc1Br)c(NC(C)c1cc([N+](=O)[O-])cc(C(F)(F)F)c1)nc1cncn12. The third-order valence-electron chi connectivity index (χ3n) is 4.96. The van der Waals surface area contributed by atoms with Gasteiger partial charge in [0.15, 0.2) is 5.65 Å². The number of anilines is 1. The van der Waals surface area contributed by atoms with Gasteiger partial charge < -0.3 is 10.1 Å². The minimum atomic E-state index is -4.72. The molecule has 1 unspecified atom stereocenters. The van der Waals surface area contributed by atoms with Gasteiger partial charge in [0.25, 0.3) is 5.69 Å². The molecule has 4 rings (SSSR count). The quantitative estimate of drug-likeness (QED) is 0.271. The molecule has 0 fully saturated rings. The van der Waals surface area contributed by atoms with Gasteiger partial charge >= 0.3 is 6.18 Å². The smallest absolute Gasteiger partial charge is 0.416 e. The van der Waals surface area contributed by atoms with E-state index < -0.39 is 28.4 Å². The number of nitro groups is 1. The number of hydrogen-bond donors (Lipinski definition) is 1. The summed E-state index contributed by atoms with van der Waals surface area (Å²) in [5.74, 6) is 0.954. The number of halogens is 4. The van der Waals surface area contributed by atoms with E-state index in [1.165, 1.54) is 7.11 Å². The predicted molar refractivity (Wildman–Crippen MR) is 115 cm³/mol. The highest BCUT2D eigenvalue weighted by Crippen LogP contribution is 2.37. The van der Waals surface area contributed by atoms with Crippen LogP contribution in [0.25, 0.3) is 16.6 Å². The van der Waals surface area contributed by atoms with Crippen LogP contribution in [-0.2, 0) is 6.18 Å². The second-order valence-corrected chi connectivity index (χ2v) is 7.87. The first-order chi connectivity index (χ1) is 15.1. The van der Waals surface area contributed by atoms with Crippen LogP contribution in [0.1, 0.15) is 24.1 Å². The molecular weight excluding hydrogens is 495 g/mol. The first kappa shape index (κ1) is 21.8. The molecule has 2 aromatic heterocycles. The Hall–Kier alpha value is -3.41. The maximum atomic E-state index is 13.3. The van der Waals surface area contributed by atoms with Crippen LogP contribution < -0.4 is 10.1 Å². The summed E-state index contributed by atoms with van der Waals surface area (Å²) in [4.78, 5) is 19.0. The average Bonchev–Trinajstić information content (AvgIpc) is 3.21. The number of imidazole rings is 1. The Morgan fingerprint density at radius 1 is 1.25 bits per heavy atom. The molecule has 0 aliphatic heterocycles. The van der Waals surface area contributed by atoms with E-state index in [9.17, 15) is 23.3 Å². The number of fused-ring (bicyclic) bond motifs is 3. The number of rotatable bonds is 5. The van der Waals surface area contributed by atoms with Crippen LogP contribution in [0.2, 0.25) is 0 Å². The van der Waals surface area contributed by atoms with Gasteiger partial charge in [-0.25, -0.2) is 9.97 Å². The van der Waals surface area contributed by atoms with E-state index in [0.29, 0.717) is 38.7 Å². The fraction of sp³-hybridized carbons (Fsp3) is 0.200. The Kier molecular flexibility index (Phi) is 5.41. The Labute approximate surface area is 187 Å². The van der Waals surface area contributed by atoms with E-state index in [2.05, 4.69) is 31.2 Å². The van der Waals surface area contributed by atoms with Crippen molar-refractivity contribution >= 4 is 44.0 Å². The minimum Gasteiger partial charge on any atom is -0.495 e. The lowest BCUT2D eigenvalue weighted by atomic mass is 10.0. The fourth-order valence-corrected chi connectivity index (χ4v) is 3.88. The van der Waals surface area contributed by atoms with Crippen molar-refractivity contribution in [3.63, 3.8) is 0 Å². The van der Waals surface area contributed by atoms with Gasteiger partial charge in [-0.1, -0.05) is 0 Å². The zero-order valence-corrected chi connectivity index (χ0v) is 18.2. The van der Waals surface area contributed by atoms with Gasteiger partial charge in [0, 0.05) is 23.6 Å². The Bertz CT molecular complexity index is 1360. The lowest BCUT2D eigenvalue weighted by molar-refractivity contribution is -0.385. The predicted octanol–water partition coefficient (Wildman–Crippen LogP) is 5.75. The van der Waals surface area contributed by atoms with E-state index in [-0.39, 0.29) is 5.56 Å². The van der Waals surface area contributed by atoms with Crippen LogP contribution in [0.15, 0.2) is 47.3 Å². The number of non-ortho nitro benzene ring substituents is 1. The zero-order valence-electron chi connectivity index (χ0n) is 16.6. The van der Waals surface area contributed by atoms with Gasteiger partial charge in [0.2, 0.25) is 0 Å². The zero-order chi connectivity index (χ0) is 23.2. The summed E-state index contributed by atoms with van der Waals surface area (Å²) < 4.78 is 47.6. The molecular formula is C20H15BrF3N5O3. The van der Waals surface area contributed by atoms with Crippen molar-refractivity contribution in [1.29, 1.82) is 0 Å². The summed E-state index contributed by atoms with van der Waals surface area (Å²) in [5.41, 5.74) is -0.418. The molecule has 0 saturated carbocycles. The Balaban J connectivity index is 1.83. The molecule has 0 radical (unpaired) electrons. The molecule has 32 heavy (non-hydrogen) atoms. The summed E-state index contributed by atoms with van der Waals surface area (Å²) in [6.07, 6.45) is -1.59. The normalized spacial score (nSPS) is 12.8. The van der Waals surface area contributed by atoms with Gasteiger partial charge in [-0.2, -0.15) is 13.2 Å². The van der Waals surface area contributed by atoms with Crippen LogP contribution >= 0.6 is 15.9 Å². The fourth-order valence-electron chi connectivity index (χ4n) is 3.37. The molecule has 166 valence electrons. The number of nitrogens with one attached hydrogen (secondary N) is 1. The second-order valence-electron chi connectivity index (χ2n) is 7.02. The molecule has 0 spiro atoms. The maximum Gasteiger partial charge on any atom is 0.416 e. The van der Waals surface area contributed by atoms with Crippen molar-refractivity contribution in [2.45, 2.75) is 19.1 Å². The van der Waals surface area contributed by atoms with Crippen LogP contribution in [0.3, 0.4) is 0 Å². The number of aromatic nitrogens is 3. The summed E-state index contributed by atoms with van der Waals surface area (Å²) in [5, 5.41) is 14.9. The van der Waals surface area contributed by atoms with E-state index in [4.69, 9.17) is 4.74 Å². The molecule has 0 bridgehead atoms. The highest BCUT2D eigenvalue weighted by Gasteiger charge is 2.33. The third-order valence-corrected chi connectivity index (χ3v) is 5.58. The van der Waals surface area contributed by atoms with Crippen LogP contribution in [0, 0.1) is 10.1 Å². The number of benzene rings is 2. The second kappa shape index (κ2) is 7.93. The van der Waals surface area contributed by atoms with Crippen molar-refractivity contribution in [3.8, 4) is 5.75 Å². The van der Waals surface area contributed by atoms with Crippen molar-refractivity contribution in [2.24, 2.45) is 0 Å². The van der Waals surface area contributed by atoms with Gasteiger partial charge in [0.1, 0.15) is 17.9 Å². The van der Waals surface area contributed by atoms with Gasteiger partial charge in [-0.3, -0.25) is 14.5 Å². The van der Waals surface area contributed by atoms with Gasteiger partial charge in [0.05, 0.1) is 39.8 Å². The molecule has 1 N–H and O–H groups in total. The summed E-state index contributed by atoms with van der Waals surface area (Å²) in [7, 11) is 1.53. The van der Waals surface area contributed by atoms with Gasteiger partial charge in [-0.05, 0) is 40.5 Å². The average molecular weight is 510 g/mol. The largest absolute Gasteiger partial charge is 0.495 e. The van der Waals surface area contributed by atoms with Crippen molar-refractivity contribution in [3.05, 3.63) is 68.6 Å². The lowest BCUT2D eigenvalue weighted by Gasteiger charge is -2.19. The number of alkyl halides is 3. The number of nitro benzene ring substituents is 1. The van der Waals surface area contributed by atoms with Crippen molar-refractivity contribution < 1.29 is 22.8 Å². The van der Waals surface area contributed by atoms with E-state index >= 15 is 0 Å². The minimum absolute atomic E-state index is 0.0995. The highest BCUT2D eigenvalue weighted by molar-refractivity contribution is 9.10. The van der Waals surface area contributed by atoms with E-state index in [1.807, 2.05) is 0 Å². The number of methoxy groups -OCH3 is 1. The highest BCUT2D eigenvalue weighted by atomic mass is 79.9. The molecule has 1 atom stereocenters. The standard InChI is InChI=1S/C20H15BrF3N5O3/c1-10(11-3-12(20(22,23)24)5-13(4-11)29(30)31)26-19-14-6-15(21)17(32-2)7-16(14)28-9-25-8-18(28)27-19/h3-10H,1-2H3,(H,26,27). The van der Waals surface area contributed by atoms with Crippen LogP contribution in [0.4, 0.5) is 24.7 Å². The molecule has 0 aliphatic rings. The summed E-state index contributed by atoms with van der Waals surface area (Å²) >= 11 is 3.43. The Morgan fingerprint density at radius 3 is 2.66 bits per heavy atom. The summed E-state index contributed by atoms with van der Waals surface area (Å²) in [6, 6.07) is 5.35. The number of ether oxygens (including phenoxy) is 1. The van der Waals surface area contributed by atoms with Crippen LogP contribution in [0.5, 0.6) is 5.75 Å². The molecule has 12 heteroatoms. The summed E-state index contributed by atoms with van der Waals surface area (Å²) in [6.45, 7) is 1.60. The van der Waals surface area contributed by atoms with E-state index in [1.54, 1.807) is 36.0 Å². The van der Waals surface area contributed by atoms with Gasteiger partial charge in [-0.15, -0.1) is 0 Å². The monoisotopic (exact) mass is 509 g/mol. The molecule has 2 aromatic carbocycles. The molecule has 4 aromatic rings.